The van der Waals surface area contributed by atoms with Gasteiger partial charge < -0.3 is 20.3 Å². The molecule has 1 fully saturated rings. The van der Waals surface area contributed by atoms with Crippen molar-refractivity contribution in [2.45, 2.75) is 37.9 Å². The number of nitrogens with zero attached hydrogens (tertiary/aromatic N) is 4. The zero-order valence-electron chi connectivity index (χ0n) is 21.0. The van der Waals surface area contributed by atoms with Crippen molar-refractivity contribution in [2.24, 2.45) is 0 Å². The Kier molecular flexibility index (Phi) is 7.42. The second kappa shape index (κ2) is 10.5. The molecular formula is C26H28N6O4S. The van der Waals surface area contributed by atoms with Crippen LogP contribution >= 0.6 is 0 Å². The first kappa shape index (κ1) is 26.1. The number of morpholine rings is 1. The van der Waals surface area contributed by atoms with Crippen molar-refractivity contribution in [1.82, 2.24) is 9.97 Å². The summed E-state index contributed by atoms with van der Waals surface area (Å²) in [5.41, 5.74) is 3.35. The lowest BCUT2D eigenvalue weighted by Gasteiger charge is -2.36. The smallest absolute Gasteiger partial charge is 0.222 e. The predicted octanol–water partition coefficient (Wildman–Crippen LogP) is 3.73. The van der Waals surface area contributed by atoms with Crippen LogP contribution in [0.25, 0.3) is 11.3 Å². The van der Waals surface area contributed by atoms with Gasteiger partial charge in [-0.15, -0.1) is 0 Å². The van der Waals surface area contributed by atoms with Crippen LogP contribution in [-0.2, 0) is 19.4 Å². The molecule has 2 atom stereocenters. The van der Waals surface area contributed by atoms with Crippen LogP contribution in [0.4, 0.5) is 22.9 Å². The van der Waals surface area contributed by atoms with Gasteiger partial charge in [-0.05, 0) is 44.2 Å². The van der Waals surface area contributed by atoms with Gasteiger partial charge in [0.2, 0.25) is 5.91 Å². The van der Waals surface area contributed by atoms with Crippen LogP contribution in [-0.4, -0.2) is 55.8 Å². The normalized spacial score (nSPS) is 17.6. The van der Waals surface area contributed by atoms with Gasteiger partial charge in [-0.25, -0.2) is 13.4 Å². The summed E-state index contributed by atoms with van der Waals surface area (Å²) in [6.07, 6.45) is 4.70. The van der Waals surface area contributed by atoms with E-state index in [9.17, 15) is 18.5 Å². The average molecular weight is 521 g/mol. The number of rotatable bonds is 6. The fourth-order valence-corrected chi connectivity index (χ4v) is 4.92. The Bertz CT molecular complexity index is 1460. The minimum absolute atomic E-state index is 0.0168. The molecule has 3 heterocycles. The number of nitrogens with one attached hydrogen (secondary N) is 2. The Morgan fingerprint density at radius 1 is 1.11 bits per heavy atom. The molecule has 192 valence electrons. The Balaban J connectivity index is 1.72. The maximum atomic E-state index is 12.2. The van der Waals surface area contributed by atoms with Gasteiger partial charge in [0.1, 0.15) is 5.82 Å². The number of sulfone groups is 1. The second-order valence-electron chi connectivity index (χ2n) is 9.12. The van der Waals surface area contributed by atoms with Crippen molar-refractivity contribution in [2.75, 3.05) is 34.9 Å². The first-order chi connectivity index (χ1) is 17.5. The van der Waals surface area contributed by atoms with Gasteiger partial charge in [0.15, 0.2) is 9.84 Å². The van der Waals surface area contributed by atoms with Gasteiger partial charge in [-0.1, -0.05) is 0 Å². The molecule has 37 heavy (non-hydrogen) atoms. The number of aromatic nitrogens is 2. The summed E-state index contributed by atoms with van der Waals surface area (Å²) < 4.78 is 30.1. The molecule has 1 saturated heterocycles. The van der Waals surface area contributed by atoms with Crippen molar-refractivity contribution in [1.29, 1.82) is 5.26 Å². The SMILES string of the molecule is CC(=O)Nc1cc(Nc2cc(C#N)cc(S(C)(=O)=O)c2)c(-c2ccc(N3CC(C)OC(C)C3)cn2)cn1. The number of carbonyl (C=O) groups is 1. The lowest BCUT2D eigenvalue weighted by Crippen LogP contribution is -2.45. The predicted molar refractivity (Wildman–Crippen MR) is 142 cm³/mol. The van der Waals surface area contributed by atoms with Crippen LogP contribution in [0.15, 0.2) is 53.7 Å². The zero-order chi connectivity index (χ0) is 26.7. The van der Waals surface area contributed by atoms with E-state index >= 15 is 0 Å². The largest absolute Gasteiger partial charge is 0.372 e. The van der Waals surface area contributed by atoms with Gasteiger partial charge in [0, 0.05) is 49.8 Å². The number of carbonyl (C=O) groups excluding carboxylic acids is 1. The first-order valence-electron chi connectivity index (χ1n) is 11.7. The number of hydrogen-bond acceptors (Lipinski definition) is 9. The van der Waals surface area contributed by atoms with Crippen LogP contribution in [0.1, 0.15) is 26.3 Å². The highest BCUT2D eigenvalue weighted by Crippen LogP contribution is 2.33. The molecule has 1 aromatic carbocycles. The van der Waals surface area contributed by atoms with Crippen LogP contribution in [0, 0.1) is 11.3 Å². The van der Waals surface area contributed by atoms with Crippen molar-refractivity contribution in [3.63, 3.8) is 0 Å². The van der Waals surface area contributed by atoms with Crippen LogP contribution in [0.5, 0.6) is 0 Å². The number of benzene rings is 1. The molecule has 0 spiro atoms. The van der Waals surface area contributed by atoms with Crippen molar-refractivity contribution >= 4 is 38.6 Å². The minimum Gasteiger partial charge on any atom is -0.372 e. The van der Waals surface area contributed by atoms with Crippen LogP contribution in [0.2, 0.25) is 0 Å². The van der Waals surface area contributed by atoms with Gasteiger partial charge >= 0.3 is 0 Å². The Morgan fingerprint density at radius 2 is 1.84 bits per heavy atom. The number of pyridine rings is 2. The maximum absolute atomic E-state index is 12.2. The molecule has 0 bridgehead atoms. The molecule has 0 radical (unpaired) electrons. The minimum atomic E-state index is -3.55. The highest BCUT2D eigenvalue weighted by molar-refractivity contribution is 7.90. The summed E-state index contributed by atoms with van der Waals surface area (Å²) in [7, 11) is -3.55. The van der Waals surface area contributed by atoms with Gasteiger partial charge in [-0.3, -0.25) is 9.78 Å². The number of nitriles is 1. The molecule has 0 saturated carbocycles. The second-order valence-corrected chi connectivity index (χ2v) is 11.1. The standard InChI is InChI=1S/C26H28N6O4S/c1-16-14-32(15-17(2)36-16)21-5-6-24(28-12-21)23-13-29-26(30-18(3)33)10-25(23)31-20-7-19(11-27)8-22(9-20)37(4,34)35/h5-10,12-13,16-17H,14-15H2,1-4H3,(H2,29,30,31,33). The molecule has 10 nitrogen and oxygen atoms in total. The summed E-state index contributed by atoms with van der Waals surface area (Å²) in [5.74, 6) is 0.0277. The molecule has 2 N–H and O–H groups in total. The summed E-state index contributed by atoms with van der Waals surface area (Å²) in [5, 5.41) is 15.2. The number of ether oxygens (including phenoxy) is 1. The molecule has 3 aromatic rings. The molecule has 0 aliphatic carbocycles. The third kappa shape index (κ3) is 6.41. The molecule has 4 rings (SSSR count). The molecule has 1 amide bonds. The molecule has 1 aliphatic heterocycles. The van der Waals surface area contributed by atoms with Gasteiger partial charge in [0.25, 0.3) is 0 Å². The van der Waals surface area contributed by atoms with Crippen molar-refractivity contribution in [3.05, 3.63) is 54.4 Å². The van der Waals surface area contributed by atoms with E-state index in [2.05, 4.69) is 25.5 Å². The quantitative estimate of drug-likeness (QED) is 0.498. The summed E-state index contributed by atoms with van der Waals surface area (Å²) >= 11 is 0. The zero-order valence-corrected chi connectivity index (χ0v) is 21.8. The lowest BCUT2D eigenvalue weighted by atomic mass is 10.1. The van der Waals surface area contributed by atoms with E-state index in [1.165, 1.54) is 19.1 Å². The molecular weight excluding hydrogens is 492 g/mol. The summed E-state index contributed by atoms with van der Waals surface area (Å²) in [4.78, 5) is 22.8. The van der Waals surface area contributed by atoms with E-state index in [-0.39, 0.29) is 28.6 Å². The Morgan fingerprint density at radius 3 is 2.43 bits per heavy atom. The first-order valence-corrected chi connectivity index (χ1v) is 13.6. The Hall–Kier alpha value is -4.01. The molecule has 2 aromatic heterocycles. The van der Waals surface area contributed by atoms with E-state index in [4.69, 9.17) is 4.74 Å². The highest BCUT2D eigenvalue weighted by atomic mass is 32.2. The Labute approximate surface area is 216 Å². The summed E-state index contributed by atoms with van der Waals surface area (Å²) in [6, 6.07) is 11.8. The van der Waals surface area contributed by atoms with E-state index in [1.807, 2.05) is 32.0 Å². The number of anilines is 4. The fraction of sp³-hybridized carbons (Fsp3) is 0.308. The van der Waals surface area contributed by atoms with E-state index in [0.717, 1.165) is 25.0 Å². The van der Waals surface area contributed by atoms with Gasteiger partial charge in [-0.2, -0.15) is 5.26 Å². The van der Waals surface area contributed by atoms with E-state index in [0.29, 0.717) is 28.5 Å². The highest BCUT2D eigenvalue weighted by Gasteiger charge is 2.23. The van der Waals surface area contributed by atoms with E-state index < -0.39 is 9.84 Å². The van der Waals surface area contributed by atoms with Crippen LogP contribution < -0.4 is 15.5 Å². The molecule has 11 heteroatoms. The number of hydrogen-bond donors (Lipinski definition) is 2. The average Bonchev–Trinajstić information content (AvgIpc) is 2.82. The van der Waals surface area contributed by atoms with E-state index in [1.54, 1.807) is 24.5 Å². The topological polar surface area (TPSA) is 137 Å². The van der Waals surface area contributed by atoms with Crippen molar-refractivity contribution < 1.29 is 17.9 Å². The van der Waals surface area contributed by atoms with Crippen molar-refractivity contribution in [3.8, 4) is 17.3 Å². The van der Waals surface area contributed by atoms with Gasteiger partial charge in [0.05, 0.1) is 52.0 Å². The summed E-state index contributed by atoms with van der Waals surface area (Å²) in [6.45, 7) is 7.00. The lowest BCUT2D eigenvalue weighted by molar-refractivity contribution is -0.114. The van der Waals surface area contributed by atoms with Crippen LogP contribution in [0.3, 0.4) is 0 Å². The molecule has 2 unspecified atom stereocenters. The third-order valence-electron chi connectivity index (χ3n) is 5.76. The third-order valence-corrected chi connectivity index (χ3v) is 6.85. The maximum Gasteiger partial charge on any atom is 0.222 e. The fourth-order valence-electron chi connectivity index (χ4n) is 4.24. The number of amides is 1. The monoisotopic (exact) mass is 520 g/mol. The molecule has 1 aliphatic rings.